The number of carbonyl (C=O) groups excluding carboxylic acids is 1. The van der Waals surface area contributed by atoms with Crippen LogP contribution in [0.25, 0.3) is 0 Å². The molecular formula is C23H30N2O4S. The second-order valence-electron chi connectivity index (χ2n) is 8.28. The SMILES string of the molecule is Cc1ccc(NS(=O)(=O)c2cc(C(=O)OC(C)C)ccc2N2CCC(C)CC2)cc1. The highest BCUT2D eigenvalue weighted by Crippen LogP contribution is 2.32. The van der Waals surface area contributed by atoms with E-state index in [-0.39, 0.29) is 16.6 Å². The Morgan fingerprint density at radius 3 is 2.33 bits per heavy atom. The standard InChI is InChI=1S/C23H30N2O4S/c1-16(2)29-23(26)19-7-10-21(25-13-11-18(4)12-14-25)22(15-19)30(27,28)24-20-8-5-17(3)6-9-20/h5-10,15-16,18,24H,11-14H2,1-4H3. The first kappa shape index (κ1) is 22.2. The van der Waals surface area contributed by atoms with Crippen LogP contribution in [0.15, 0.2) is 47.4 Å². The lowest BCUT2D eigenvalue weighted by Gasteiger charge is -2.33. The van der Waals surface area contributed by atoms with Crippen molar-refractivity contribution in [2.45, 2.75) is 51.5 Å². The Morgan fingerprint density at radius 2 is 1.73 bits per heavy atom. The first-order chi connectivity index (χ1) is 14.2. The lowest BCUT2D eigenvalue weighted by atomic mass is 9.98. The number of rotatable bonds is 6. The zero-order valence-electron chi connectivity index (χ0n) is 18.0. The Bertz CT molecular complexity index is 992. The molecule has 0 unspecified atom stereocenters. The normalized spacial score (nSPS) is 15.3. The number of esters is 1. The monoisotopic (exact) mass is 430 g/mol. The van der Waals surface area contributed by atoms with Gasteiger partial charge in [0.2, 0.25) is 0 Å². The summed E-state index contributed by atoms with van der Waals surface area (Å²) in [5, 5.41) is 0. The molecular weight excluding hydrogens is 400 g/mol. The van der Waals surface area contributed by atoms with Crippen LogP contribution in [0, 0.1) is 12.8 Å². The molecule has 0 aliphatic carbocycles. The molecule has 0 aromatic heterocycles. The molecule has 1 aliphatic heterocycles. The van der Waals surface area contributed by atoms with Gasteiger partial charge >= 0.3 is 5.97 Å². The number of sulfonamides is 1. The number of anilines is 2. The fraction of sp³-hybridized carbons (Fsp3) is 0.435. The van der Waals surface area contributed by atoms with Crippen molar-refractivity contribution >= 4 is 27.4 Å². The van der Waals surface area contributed by atoms with Gasteiger partial charge in [-0.15, -0.1) is 0 Å². The van der Waals surface area contributed by atoms with Gasteiger partial charge in [-0.3, -0.25) is 4.72 Å². The maximum Gasteiger partial charge on any atom is 0.338 e. The van der Waals surface area contributed by atoms with Gasteiger partial charge in [0.25, 0.3) is 10.0 Å². The van der Waals surface area contributed by atoms with E-state index in [0.717, 1.165) is 31.5 Å². The van der Waals surface area contributed by atoms with Crippen molar-refractivity contribution in [3.63, 3.8) is 0 Å². The highest BCUT2D eigenvalue weighted by molar-refractivity contribution is 7.92. The second kappa shape index (κ2) is 9.08. The van der Waals surface area contributed by atoms with Crippen LogP contribution < -0.4 is 9.62 Å². The molecule has 2 aromatic carbocycles. The predicted molar refractivity (Wildman–Crippen MR) is 120 cm³/mol. The molecule has 0 radical (unpaired) electrons. The number of hydrogen-bond acceptors (Lipinski definition) is 5. The zero-order chi connectivity index (χ0) is 21.9. The number of ether oxygens (including phenoxy) is 1. The van der Waals surface area contributed by atoms with Gasteiger partial charge in [-0.1, -0.05) is 24.6 Å². The summed E-state index contributed by atoms with van der Waals surface area (Å²) in [5.41, 5.74) is 2.36. The van der Waals surface area contributed by atoms with Crippen LogP contribution >= 0.6 is 0 Å². The van der Waals surface area contributed by atoms with Gasteiger partial charge in [-0.05, 0) is 69.9 Å². The Labute approximate surface area is 179 Å². The van der Waals surface area contributed by atoms with Crippen LogP contribution in [-0.2, 0) is 14.8 Å². The van der Waals surface area contributed by atoms with Crippen molar-refractivity contribution in [3.8, 4) is 0 Å². The number of hydrogen-bond donors (Lipinski definition) is 1. The van der Waals surface area contributed by atoms with Crippen molar-refractivity contribution in [3.05, 3.63) is 53.6 Å². The molecule has 0 saturated carbocycles. The molecule has 6 nitrogen and oxygen atoms in total. The summed E-state index contributed by atoms with van der Waals surface area (Å²) in [7, 11) is -3.90. The highest BCUT2D eigenvalue weighted by atomic mass is 32.2. The number of benzene rings is 2. The number of nitrogens with zero attached hydrogens (tertiary/aromatic N) is 1. The zero-order valence-corrected chi connectivity index (χ0v) is 18.8. The van der Waals surface area contributed by atoms with E-state index in [2.05, 4.69) is 16.5 Å². The Kier molecular flexibility index (Phi) is 6.71. The third-order valence-electron chi connectivity index (χ3n) is 5.26. The molecule has 1 saturated heterocycles. The molecule has 30 heavy (non-hydrogen) atoms. The first-order valence-electron chi connectivity index (χ1n) is 10.3. The average molecular weight is 431 g/mol. The first-order valence-corrected chi connectivity index (χ1v) is 11.8. The summed E-state index contributed by atoms with van der Waals surface area (Å²) in [4.78, 5) is 14.6. The lowest BCUT2D eigenvalue weighted by molar-refractivity contribution is 0.0377. The van der Waals surface area contributed by atoms with Crippen molar-refractivity contribution in [1.82, 2.24) is 0 Å². The lowest BCUT2D eigenvalue weighted by Crippen LogP contribution is -2.34. The molecule has 0 amide bonds. The third kappa shape index (κ3) is 5.33. The molecule has 162 valence electrons. The second-order valence-corrected chi connectivity index (χ2v) is 9.93. The smallest absolute Gasteiger partial charge is 0.338 e. The fourth-order valence-corrected chi connectivity index (χ4v) is 4.79. The number of carbonyl (C=O) groups is 1. The van der Waals surface area contributed by atoms with E-state index in [9.17, 15) is 13.2 Å². The minimum Gasteiger partial charge on any atom is -0.459 e. The van der Waals surface area contributed by atoms with Crippen molar-refractivity contribution in [2.75, 3.05) is 22.7 Å². The van der Waals surface area contributed by atoms with E-state index in [0.29, 0.717) is 17.3 Å². The van der Waals surface area contributed by atoms with E-state index in [4.69, 9.17) is 4.74 Å². The van der Waals surface area contributed by atoms with Crippen LogP contribution in [-0.4, -0.2) is 33.6 Å². The van der Waals surface area contributed by atoms with E-state index >= 15 is 0 Å². The fourth-order valence-electron chi connectivity index (χ4n) is 3.48. The van der Waals surface area contributed by atoms with Gasteiger partial charge in [0.1, 0.15) is 4.90 Å². The van der Waals surface area contributed by atoms with Crippen molar-refractivity contribution in [1.29, 1.82) is 0 Å². The molecule has 3 rings (SSSR count). The van der Waals surface area contributed by atoms with E-state index in [1.165, 1.54) is 6.07 Å². The predicted octanol–water partition coefficient (Wildman–Crippen LogP) is 4.60. The highest BCUT2D eigenvalue weighted by Gasteiger charge is 2.26. The van der Waals surface area contributed by atoms with Gasteiger partial charge in [0.15, 0.2) is 0 Å². The van der Waals surface area contributed by atoms with Gasteiger partial charge in [0.05, 0.1) is 17.4 Å². The molecule has 2 aromatic rings. The van der Waals surface area contributed by atoms with Crippen LogP contribution in [0.1, 0.15) is 49.5 Å². The topological polar surface area (TPSA) is 75.7 Å². The summed E-state index contributed by atoms with van der Waals surface area (Å²) in [6.07, 6.45) is 1.72. The van der Waals surface area contributed by atoms with Gasteiger partial charge in [-0.25, -0.2) is 13.2 Å². The van der Waals surface area contributed by atoms with Crippen LogP contribution in [0.5, 0.6) is 0 Å². The van der Waals surface area contributed by atoms with Gasteiger partial charge in [0, 0.05) is 18.8 Å². The minimum atomic E-state index is -3.90. The van der Waals surface area contributed by atoms with E-state index < -0.39 is 16.0 Å². The summed E-state index contributed by atoms with van der Waals surface area (Å²) < 4.78 is 34.6. The summed E-state index contributed by atoms with van der Waals surface area (Å²) in [5.74, 6) is 0.0860. The van der Waals surface area contributed by atoms with Crippen LogP contribution in [0.3, 0.4) is 0 Å². The number of nitrogens with one attached hydrogen (secondary N) is 1. The van der Waals surface area contributed by atoms with Crippen molar-refractivity contribution in [2.24, 2.45) is 5.92 Å². The summed E-state index contributed by atoms with van der Waals surface area (Å²) in [6, 6.07) is 11.9. The molecule has 1 fully saturated rings. The Morgan fingerprint density at radius 1 is 1.10 bits per heavy atom. The molecule has 1 aliphatic rings. The number of aryl methyl sites for hydroxylation is 1. The van der Waals surface area contributed by atoms with Crippen molar-refractivity contribution < 1.29 is 17.9 Å². The molecule has 0 atom stereocenters. The third-order valence-corrected chi connectivity index (χ3v) is 6.67. The summed E-state index contributed by atoms with van der Waals surface area (Å²) >= 11 is 0. The Hall–Kier alpha value is -2.54. The van der Waals surface area contributed by atoms with E-state index in [1.807, 2.05) is 19.1 Å². The Balaban J connectivity index is 2.00. The summed E-state index contributed by atoms with van der Waals surface area (Å²) in [6.45, 7) is 9.24. The maximum absolute atomic E-state index is 13.3. The quantitative estimate of drug-likeness (QED) is 0.678. The number of piperidine rings is 1. The molecule has 1 heterocycles. The van der Waals surface area contributed by atoms with E-state index in [1.54, 1.807) is 38.1 Å². The average Bonchev–Trinajstić information content (AvgIpc) is 2.69. The molecule has 0 bridgehead atoms. The molecule has 7 heteroatoms. The largest absolute Gasteiger partial charge is 0.459 e. The van der Waals surface area contributed by atoms with Gasteiger partial charge < -0.3 is 9.64 Å². The van der Waals surface area contributed by atoms with Gasteiger partial charge in [-0.2, -0.15) is 0 Å². The van der Waals surface area contributed by atoms with Crippen LogP contribution in [0.2, 0.25) is 0 Å². The maximum atomic E-state index is 13.3. The van der Waals surface area contributed by atoms with Crippen LogP contribution in [0.4, 0.5) is 11.4 Å². The molecule has 0 spiro atoms. The molecule has 1 N–H and O–H groups in total. The minimum absolute atomic E-state index is 0.0934.